The molecule has 5 heteroatoms. The molecule has 0 aromatic heterocycles. The Morgan fingerprint density at radius 3 is 2.70 bits per heavy atom. The third-order valence-corrected chi connectivity index (χ3v) is 4.88. The molecule has 1 aliphatic carbocycles. The van der Waals surface area contributed by atoms with Crippen molar-refractivity contribution in [1.82, 2.24) is 0 Å². The minimum atomic E-state index is -1.11. The number of carboxylic acid groups (broad SMARTS) is 1. The molecule has 150 valence electrons. The standard InChI is InChI=1S/C22H32O5/c1-3-4-6-9-16(2)18(23)14-12-17-13-15-20(25)22(17)19(24)10-7-5-8-11-21(26)27/h12-19,22-24H,3-6,8-9,11H2,1-2H3,(H,26,27)/b14-12+. The molecular formula is C22H32O5. The number of aliphatic hydroxyl groups is 2. The first-order valence-electron chi connectivity index (χ1n) is 9.83. The molecule has 1 aliphatic rings. The van der Waals surface area contributed by atoms with Gasteiger partial charge in [0.1, 0.15) is 6.10 Å². The number of carbonyl (C=O) groups is 2. The summed E-state index contributed by atoms with van der Waals surface area (Å²) in [5, 5.41) is 29.1. The van der Waals surface area contributed by atoms with Gasteiger partial charge in [-0.25, -0.2) is 0 Å². The fourth-order valence-electron chi connectivity index (χ4n) is 3.09. The van der Waals surface area contributed by atoms with Crippen molar-refractivity contribution in [3.8, 4) is 11.8 Å². The van der Waals surface area contributed by atoms with E-state index in [1.807, 2.05) is 6.92 Å². The van der Waals surface area contributed by atoms with Gasteiger partial charge in [0, 0.05) is 18.8 Å². The van der Waals surface area contributed by atoms with E-state index >= 15 is 0 Å². The van der Waals surface area contributed by atoms with E-state index in [9.17, 15) is 19.8 Å². The summed E-state index contributed by atoms with van der Waals surface area (Å²) < 4.78 is 0. The minimum Gasteiger partial charge on any atom is -0.481 e. The monoisotopic (exact) mass is 376 g/mol. The maximum atomic E-state index is 12.1. The minimum absolute atomic E-state index is 0.0361. The Morgan fingerprint density at radius 2 is 2.04 bits per heavy atom. The lowest BCUT2D eigenvalue weighted by atomic mass is 9.88. The molecule has 5 nitrogen and oxygen atoms in total. The quantitative estimate of drug-likeness (QED) is 0.293. The average Bonchev–Trinajstić information content (AvgIpc) is 2.99. The zero-order valence-electron chi connectivity index (χ0n) is 16.3. The van der Waals surface area contributed by atoms with Crippen molar-refractivity contribution in [3.05, 3.63) is 24.3 Å². The van der Waals surface area contributed by atoms with Crippen LogP contribution in [0, 0.1) is 29.6 Å². The van der Waals surface area contributed by atoms with E-state index in [1.54, 1.807) is 18.2 Å². The second-order valence-electron chi connectivity index (χ2n) is 7.23. The Hall–Kier alpha value is -1.90. The molecule has 1 rings (SSSR count). The lowest BCUT2D eigenvalue weighted by Gasteiger charge is -2.19. The van der Waals surface area contributed by atoms with Crippen molar-refractivity contribution in [1.29, 1.82) is 0 Å². The zero-order chi connectivity index (χ0) is 20.2. The molecule has 0 amide bonds. The van der Waals surface area contributed by atoms with Gasteiger partial charge in [0.2, 0.25) is 0 Å². The molecule has 5 unspecified atom stereocenters. The number of aliphatic hydroxyl groups excluding tert-OH is 2. The van der Waals surface area contributed by atoms with Crippen molar-refractivity contribution in [2.75, 3.05) is 0 Å². The smallest absolute Gasteiger partial charge is 0.303 e. The molecule has 5 atom stereocenters. The summed E-state index contributed by atoms with van der Waals surface area (Å²) in [6.07, 6.45) is 10.1. The summed E-state index contributed by atoms with van der Waals surface area (Å²) in [4.78, 5) is 22.5. The van der Waals surface area contributed by atoms with Gasteiger partial charge >= 0.3 is 5.97 Å². The molecule has 0 aliphatic heterocycles. The molecular weight excluding hydrogens is 344 g/mol. The number of rotatable bonds is 11. The van der Waals surface area contributed by atoms with E-state index in [0.717, 1.165) is 25.7 Å². The van der Waals surface area contributed by atoms with Crippen LogP contribution in [0.1, 0.15) is 58.8 Å². The fourth-order valence-corrected chi connectivity index (χ4v) is 3.09. The second kappa shape index (κ2) is 12.5. The first-order valence-corrected chi connectivity index (χ1v) is 9.83. The number of carbonyl (C=O) groups excluding carboxylic acids is 1. The van der Waals surface area contributed by atoms with Gasteiger partial charge in [-0.15, -0.1) is 5.92 Å². The SMILES string of the molecule is CCCCCC(C)C(O)/C=C/C1C=CC(=O)C1C(O)C#CCCCC(=O)O. The number of hydrogen-bond acceptors (Lipinski definition) is 4. The molecule has 0 saturated carbocycles. The van der Waals surface area contributed by atoms with Crippen LogP contribution in [0.2, 0.25) is 0 Å². The number of ketones is 1. The summed E-state index contributed by atoms with van der Waals surface area (Å²) in [5.74, 6) is 3.54. The van der Waals surface area contributed by atoms with Crippen molar-refractivity contribution in [3.63, 3.8) is 0 Å². The molecule has 0 fully saturated rings. The van der Waals surface area contributed by atoms with E-state index in [2.05, 4.69) is 18.8 Å². The number of carboxylic acids is 1. The van der Waals surface area contributed by atoms with Gasteiger partial charge in [0.25, 0.3) is 0 Å². The Bertz CT molecular complexity index is 596. The highest BCUT2D eigenvalue weighted by Crippen LogP contribution is 2.27. The molecule has 0 saturated heterocycles. The van der Waals surface area contributed by atoms with Crippen LogP contribution in [0.5, 0.6) is 0 Å². The number of allylic oxidation sites excluding steroid dienone is 3. The predicted octanol–water partition coefficient (Wildman–Crippen LogP) is 3.11. The van der Waals surface area contributed by atoms with Crippen LogP contribution in [-0.4, -0.2) is 39.3 Å². The summed E-state index contributed by atoms with van der Waals surface area (Å²) in [6, 6.07) is 0. The third-order valence-electron chi connectivity index (χ3n) is 4.88. The topological polar surface area (TPSA) is 94.8 Å². The fraction of sp³-hybridized carbons (Fsp3) is 0.636. The van der Waals surface area contributed by atoms with Crippen LogP contribution in [0.4, 0.5) is 0 Å². The lowest BCUT2D eigenvalue weighted by molar-refractivity contribution is -0.137. The average molecular weight is 376 g/mol. The Labute approximate surface area is 162 Å². The van der Waals surface area contributed by atoms with Crippen LogP contribution in [0.3, 0.4) is 0 Å². The van der Waals surface area contributed by atoms with Crippen molar-refractivity contribution in [2.24, 2.45) is 17.8 Å². The first kappa shape index (κ1) is 23.1. The van der Waals surface area contributed by atoms with Crippen LogP contribution < -0.4 is 0 Å². The zero-order valence-corrected chi connectivity index (χ0v) is 16.3. The normalized spacial score (nSPS) is 22.4. The van der Waals surface area contributed by atoms with E-state index in [1.165, 1.54) is 6.08 Å². The van der Waals surface area contributed by atoms with Crippen molar-refractivity contribution >= 4 is 11.8 Å². The molecule has 3 N–H and O–H groups in total. The molecule has 0 aromatic carbocycles. The van der Waals surface area contributed by atoms with Crippen LogP contribution in [-0.2, 0) is 9.59 Å². The van der Waals surface area contributed by atoms with Crippen molar-refractivity contribution in [2.45, 2.75) is 71.0 Å². The van der Waals surface area contributed by atoms with Crippen molar-refractivity contribution < 1.29 is 24.9 Å². The molecule has 0 spiro atoms. The summed E-state index contributed by atoms with van der Waals surface area (Å²) in [7, 11) is 0. The Balaban J connectivity index is 2.58. The van der Waals surface area contributed by atoms with Crippen LogP contribution >= 0.6 is 0 Å². The highest BCUT2D eigenvalue weighted by atomic mass is 16.4. The lowest BCUT2D eigenvalue weighted by Crippen LogP contribution is -2.28. The number of hydrogen-bond donors (Lipinski definition) is 3. The van der Waals surface area contributed by atoms with Gasteiger partial charge in [-0.2, -0.15) is 0 Å². The van der Waals surface area contributed by atoms with Gasteiger partial charge in [0.05, 0.1) is 12.0 Å². The summed E-state index contributed by atoms with van der Waals surface area (Å²) in [6.45, 7) is 4.15. The molecule has 27 heavy (non-hydrogen) atoms. The van der Waals surface area contributed by atoms with E-state index < -0.39 is 24.1 Å². The van der Waals surface area contributed by atoms with Gasteiger partial charge in [-0.05, 0) is 24.8 Å². The van der Waals surface area contributed by atoms with Crippen LogP contribution in [0.15, 0.2) is 24.3 Å². The number of unbranched alkanes of at least 4 members (excludes halogenated alkanes) is 3. The number of aliphatic carboxylic acids is 1. The second-order valence-corrected chi connectivity index (χ2v) is 7.23. The van der Waals surface area contributed by atoms with E-state index in [-0.39, 0.29) is 24.0 Å². The summed E-state index contributed by atoms with van der Waals surface area (Å²) >= 11 is 0. The van der Waals surface area contributed by atoms with Gasteiger partial charge in [0.15, 0.2) is 5.78 Å². The Kier molecular flexibility index (Phi) is 10.7. The molecule has 0 aromatic rings. The molecule has 0 radical (unpaired) electrons. The summed E-state index contributed by atoms with van der Waals surface area (Å²) in [5.41, 5.74) is 0. The first-order chi connectivity index (χ1) is 12.9. The highest BCUT2D eigenvalue weighted by Gasteiger charge is 2.34. The largest absolute Gasteiger partial charge is 0.481 e. The Morgan fingerprint density at radius 1 is 1.30 bits per heavy atom. The highest BCUT2D eigenvalue weighted by molar-refractivity contribution is 5.95. The third kappa shape index (κ3) is 8.55. The molecule has 0 heterocycles. The van der Waals surface area contributed by atoms with Gasteiger partial charge < -0.3 is 15.3 Å². The maximum Gasteiger partial charge on any atom is 0.303 e. The molecule has 0 bridgehead atoms. The maximum absolute atomic E-state index is 12.1. The predicted molar refractivity (Wildman–Crippen MR) is 105 cm³/mol. The van der Waals surface area contributed by atoms with Gasteiger partial charge in [-0.3, -0.25) is 9.59 Å². The van der Waals surface area contributed by atoms with E-state index in [4.69, 9.17) is 5.11 Å². The van der Waals surface area contributed by atoms with E-state index in [0.29, 0.717) is 12.8 Å². The van der Waals surface area contributed by atoms with Gasteiger partial charge in [-0.1, -0.05) is 57.3 Å². The van der Waals surface area contributed by atoms with Crippen LogP contribution in [0.25, 0.3) is 0 Å².